The first-order valence-electron chi connectivity index (χ1n) is 7.02. The van der Waals surface area contributed by atoms with Crippen molar-refractivity contribution in [3.05, 3.63) is 47.4 Å². The molecule has 4 heteroatoms. The predicted octanol–water partition coefficient (Wildman–Crippen LogP) is 3.45. The largest absolute Gasteiger partial charge is 0.469 e. The molecule has 0 spiro atoms. The van der Waals surface area contributed by atoms with Gasteiger partial charge in [0, 0.05) is 24.3 Å². The van der Waals surface area contributed by atoms with Crippen molar-refractivity contribution in [2.45, 2.75) is 26.2 Å². The summed E-state index contributed by atoms with van der Waals surface area (Å²) in [4.78, 5) is 12.2. The number of hydrogen-bond donors (Lipinski definition) is 2. The highest BCUT2D eigenvalue weighted by Crippen LogP contribution is 2.26. The number of carbonyl (C=O) groups is 1. The molecule has 3 rings (SSSR count). The van der Waals surface area contributed by atoms with Gasteiger partial charge in [-0.25, -0.2) is 0 Å². The molecule has 4 nitrogen and oxygen atoms in total. The summed E-state index contributed by atoms with van der Waals surface area (Å²) >= 11 is 0. The van der Waals surface area contributed by atoms with E-state index in [1.165, 1.54) is 5.56 Å². The van der Waals surface area contributed by atoms with Crippen LogP contribution >= 0.6 is 0 Å². The van der Waals surface area contributed by atoms with Gasteiger partial charge in [0.15, 0.2) is 0 Å². The third-order valence-corrected chi connectivity index (χ3v) is 3.62. The first-order valence-corrected chi connectivity index (χ1v) is 7.02. The van der Waals surface area contributed by atoms with E-state index in [9.17, 15) is 4.79 Å². The summed E-state index contributed by atoms with van der Waals surface area (Å²) in [5.41, 5.74) is 3.85. The van der Waals surface area contributed by atoms with Crippen LogP contribution in [0, 0.1) is 0 Å². The molecule has 2 heterocycles. The van der Waals surface area contributed by atoms with Gasteiger partial charge in [0.2, 0.25) is 0 Å². The van der Waals surface area contributed by atoms with E-state index in [1.807, 2.05) is 19.1 Å². The van der Waals surface area contributed by atoms with Crippen LogP contribution in [0.25, 0.3) is 0 Å². The minimum atomic E-state index is -0.119. The zero-order valence-electron chi connectivity index (χ0n) is 11.5. The standard InChI is InChI=1S/C16H18N2O2/c1-2-15-13(7-9-20-15)16(19)18-12-6-5-11-4-3-8-17-14(11)10-12/h5-7,9-10,17H,2-4,8H2,1H3,(H,18,19). The fourth-order valence-electron chi connectivity index (χ4n) is 2.55. The van der Waals surface area contributed by atoms with Crippen LogP contribution in [0.4, 0.5) is 11.4 Å². The lowest BCUT2D eigenvalue weighted by Crippen LogP contribution is -2.15. The summed E-state index contributed by atoms with van der Waals surface area (Å²) in [7, 11) is 0. The maximum absolute atomic E-state index is 12.2. The molecule has 1 aliphatic rings. The number of furan rings is 1. The highest BCUT2D eigenvalue weighted by Gasteiger charge is 2.14. The Morgan fingerprint density at radius 2 is 2.30 bits per heavy atom. The third-order valence-electron chi connectivity index (χ3n) is 3.62. The Labute approximate surface area is 118 Å². The van der Waals surface area contributed by atoms with Crippen molar-refractivity contribution in [1.29, 1.82) is 0 Å². The number of hydrogen-bond acceptors (Lipinski definition) is 3. The molecule has 0 atom stereocenters. The Morgan fingerprint density at radius 1 is 1.40 bits per heavy atom. The van der Waals surface area contributed by atoms with Crippen molar-refractivity contribution in [1.82, 2.24) is 0 Å². The summed E-state index contributed by atoms with van der Waals surface area (Å²) < 4.78 is 5.29. The van der Waals surface area contributed by atoms with Crippen LogP contribution in [0.5, 0.6) is 0 Å². The van der Waals surface area contributed by atoms with Gasteiger partial charge < -0.3 is 15.1 Å². The number of carbonyl (C=O) groups excluding carboxylic acids is 1. The predicted molar refractivity (Wildman–Crippen MR) is 79.3 cm³/mol. The van der Waals surface area contributed by atoms with Crippen molar-refractivity contribution < 1.29 is 9.21 Å². The third kappa shape index (κ3) is 2.41. The molecule has 0 fully saturated rings. The normalized spacial score (nSPS) is 13.4. The van der Waals surface area contributed by atoms with Gasteiger partial charge in [-0.05, 0) is 36.6 Å². The summed E-state index contributed by atoms with van der Waals surface area (Å²) in [6, 6.07) is 7.74. The van der Waals surface area contributed by atoms with E-state index >= 15 is 0 Å². The molecule has 1 amide bonds. The zero-order valence-corrected chi connectivity index (χ0v) is 11.5. The second-order valence-electron chi connectivity index (χ2n) is 4.97. The van der Waals surface area contributed by atoms with Crippen molar-refractivity contribution in [2.75, 3.05) is 17.2 Å². The van der Waals surface area contributed by atoms with Gasteiger partial charge in [-0.15, -0.1) is 0 Å². The fourth-order valence-corrected chi connectivity index (χ4v) is 2.55. The molecule has 0 aliphatic carbocycles. The van der Waals surface area contributed by atoms with Crippen LogP contribution in [0.15, 0.2) is 34.9 Å². The maximum atomic E-state index is 12.2. The second-order valence-corrected chi connectivity index (χ2v) is 4.97. The molecule has 0 bridgehead atoms. The van der Waals surface area contributed by atoms with E-state index in [1.54, 1.807) is 12.3 Å². The zero-order chi connectivity index (χ0) is 13.9. The van der Waals surface area contributed by atoms with Crippen molar-refractivity contribution in [3.63, 3.8) is 0 Å². The quantitative estimate of drug-likeness (QED) is 0.898. The highest BCUT2D eigenvalue weighted by molar-refractivity contribution is 6.05. The molecular weight excluding hydrogens is 252 g/mol. The summed E-state index contributed by atoms with van der Waals surface area (Å²) in [5.74, 6) is 0.602. The second kappa shape index (κ2) is 5.41. The van der Waals surface area contributed by atoms with E-state index in [0.717, 1.165) is 36.5 Å². The first-order chi connectivity index (χ1) is 9.78. The van der Waals surface area contributed by atoms with E-state index < -0.39 is 0 Å². The lowest BCUT2D eigenvalue weighted by molar-refractivity contribution is 0.102. The van der Waals surface area contributed by atoms with Crippen molar-refractivity contribution in [3.8, 4) is 0 Å². The first kappa shape index (κ1) is 12.8. The highest BCUT2D eigenvalue weighted by atomic mass is 16.3. The molecule has 1 aromatic carbocycles. The lowest BCUT2D eigenvalue weighted by Gasteiger charge is -2.18. The summed E-state index contributed by atoms with van der Waals surface area (Å²) in [6.45, 7) is 2.96. The van der Waals surface area contributed by atoms with Crippen LogP contribution in [-0.2, 0) is 12.8 Å². The fraction of sp³-hybridized carbons (Fsp3) is 0.312. The van der Waals surface area contributed by atoms with Gasteiger partial charge in [0.05, 0.1) is 11.8 Å². The minimum Gasteiger partial charge on any atom is -0.469 e. The monoisotopic (exact) mass is 270 g/mol. The summed E-state index contributed by atoms with van der Waals surface area (Å²) in [6.07, 6.45) is 4.52. The lowest BCUT2D eigenvalue weighted by atomic mass is 10.0. The topological polar surface area (TPSA) is 54.3 Å². The maximum Gasteiger partial charge on any atom is 0.259 e. The number of aryl methyl sites for hydroxylation is 2. The minimum absolute atomic E-state index is 0.119. The number of anilines is 2. The Bertz CT molecular complexity index is 631. The Hall–Kier alpha value is -2.23. The van der Waals surface area contributed by atoms with Crippen LogP contribution in [0.1, 0.15) is 35.0 Å². The van der Waals surface area contributed by atoms with Crippen molar-refractivity contribution in [2.24, 2.45) is 0 Å². The van der Waals surface area contributed by atoms with Crippen LogP contribution in [0.2, 0.25) is 0 Å². The van der Waals surface area contributed by atoms with E-state index in [-0.39, 0.29) is 5.91 Å². The van der Waals surface area contributed by atoms with Gasteiger partial charge in [-0.3, -0.25) is 4.79 Å². The van der Waals surface area contributed by atoms with Gasteiger partial charge in [-0.2, -0.15) is 0 Å². The van der Waals surface area contributed by atoms with Gasteiger partial charge >= 0.3 is 0 Å². The Morgan fingerprint density at radius 3 is 3.15 bits per heavy atom. The number of amides is 1. The molecule has 0 saturated carbocycles. The molecule has 1 aliphatic heterocycles. The Balaban J connectivity index is 1.79. The number of fused-ring (bicyclic) bond motifs is 1. The molecule has 2 aromatic rings. The molecule has 1 aromatic heterocycles. The average Bonchev–Trinajstić information content (AvgIpc) is 2.95. The SMILES string of the molecule is CCc1occc1C(=O)Nc1ccc2c(c1)NCCC2. The van der Waals surface area contributed by atoms with Crippen LogP contribution in [-0.4, -0.2) is 12.5 Å². The number of rotatable bonds is 3. The van der Waals surface area contributed by atoms with Crippen LogP contribution in [0.3, 0.4) is 0 Å². The van der Waals surface area contributed by atoms with Crippen LogP contribution < -0.4 is 10.6 Å². The van der Waals surface area contributed by atoms with Gasteiger partial charge in [0.25, 0.3) is 5.91 Å². The van der Waals surface area contributed by atoms with E-state index in [4.69, 9.17) is 4.42 Å². The molecule has 0 unspecified atom stereocenters. The molecule has 104 valence electrons. The van der Waals surface area contributed by atoms with Crippen molar-refractivity contribution >= 4 is 17.3 Å². The summed E-state index contributed by atoms with van der Waals surface area (Å²) in [5, 5.41) is 6.29. The molecule has 0 saturated heterocycles. The van der Waals surface area contributed by atoms with E-state index in [2.05, 4.69) is 16.7 Å². The Kier molecular flexibility index (Phi) is 3.46. The molecule has 2 N–H and O–H groups in total. The number of nitrogens with one attached hydrogen (secondary N) is 2. The van der Waals surface area contributed by atoms with Gasteiger partial charge in [-0.1, -0.05) is 13.0 Å². The molecule has 20 heavy (non-hydrogen) atoms. The van der Waals surface area contributed by atoms with E-state index in [0.29, 0.717) is 12.0 Å². The number of benzene rings is 1. The smallest absolute Gasteiger partial charge is 0.259 e. The molecular formula is C16H18N2O2. The average molecular weight is 270 g/mol. The molecule has 0 radical (unpaired) electrons. The van der Waals surface area contributed by atoms with Gasteiger partial charge in [0.1, 0.15) is 5.76 Å².